The van der Waals surface area contributed by atoms with E-state index in [0.717, 1.165) is 23.3 Å². The van der Waals surface area contributed by atoms with Crippen LogP contribution in [-0.2, 0) is 21.8 Å². The molecule has 0 aliphatic carbocycles. The van der Waals surface area contributed by atoms with Gasteiger partial charge in [-0.3, -0.25) is 14.5 Å². The van der Waals surface area contributed by atoms with Crippen molar-refractivity contribution in [3.63, 3.8) is 0 Å². The molecule has 0 bridgehead atoms. The highest BCUT2D eigenvalue weighted by Gasteiger charge is 2.48. The largest absolute Gasteiger partial charge is 0.507 e. The van der Waals surface area contributed by atoms with E-state index in [9.17, 15) is 14.7 Å². The first-order valence-electron chi connectivity index (χ1n) is 15.8. The summed E-state index contributed by atoms with van der Waals surface area (Å²) in [5.41, 5.74) is 2.77. The van der Waals surface area contributed by atoms with Gasteiger partial charge >= 0.3 is 5.91 Å². The fourth-order valence-electron chi connectivity index (χ4n) is 5.67. The first kappa shape index (κ1) is 33.8. The van der Waals surface area contributed by atoms with Gasteiger partial charge in [0.1, 0.15) is 17.6 Å². The van der Waals surface area contributed by atoms with E-state index in [1.165, 1.54) is 28.0 Å². The third-order valence-corrected chi connectivity index (χ3v) is 10.5. The fourth-order valence-corrected chi connectivity index (χ4v) is 7.82. The monoisotopic (exact) mass is 705 g/mol. The maximum Gasteiger partial charge on any atom is 0.301 e. The number of carbonyl (C=O) groups is 2. The van der Waals surface area contributed by atoms with Crippen LogP contribution in [0.3, 0.4) is 0 Å². The Kier molecular flexibility index (Phi) is 10.3. The molecule has 9 nitrogen and oxygen atoms in total. The lowest BCUT2D eigenvalue weighted by Gasteiger charge is -2.24. The fraction of sp³-hybridized carbons (Fsp3) is 0.333. The number of benzene rings is 3. The van der Waals surface area contributed by atoms with Crippen LogP contribution in [0.15, 0.2) is 70.6 Å². The van der Waals surface area contributed by atoms with Gasteiger partial charge in [-0.2, -0.15) is 0 Å². The number of thioether (sulfide) groups is 1. The molecule has 48 heavy (non-hydrogen) atoms. The van der Waals surface area contributed by atoms with Gasteiger partial charge in [0.2, 0.25) is 5.13 Å². The second-order valence-electron chi connectivity index (χ2n) is 12.0. The number of anilines is 1. The number of fused-ring (bicyclic) bond motifs is 1. The zero-order valence-corrected chi connectivity index (χ0v) is 29.5. The van der Waals surface area contributed by atoms with Crippen LogP contribution in [-0.4, -0.2) is 46.3 Å². The van der Waals surface area contributed by atoms with Crippen LogP contribution in [0.5, 0.6) is 17.2 Å². The second-order valence-corrected chi connectivity index (χ2v) is 14.6. The number of aliphatic hydroxyl groups is 1. The molecule has 4 aromatic rings. The van der Waals surface area contributed by atoms with E-state index in [4.69, 9.17) is 25.8 Å². The molecule has 6 rings (SSSR count). The molecule has 1 saturated heterocycles. The predicted molar refractivity (Wildman–Crippen MR) is 189 cm³/mol. The molecule has 0 radical (unpaired) electrons. The lowest BCUT2D eigenvalue weighted by Crippen LogP contribution is -2.29. The van der Waals surface area contributed by atoms with Crippen molar-refractivity contribution in [1.29, 1.82) is 0 Å². The van der Waals surface area contributed by atoms with Crippen molar-refractivity contribution in [1.82, 2.24) is 10.2 Å². The Bertz CT molecular complexity index is 1880. The molecule has 2 atom stereocenters. The minimum Gasteiger partial charge on any atom is -0.507 e. The van der Waals surface area contributed by atoms with Crippen LogP contribution < -0.4 is 19.1 Å². The van der Waals surface area contributed by atoms with Crippen LogP contribution in [0.4, 0.5) is 5.13 Å². The summed E-state index contributed by atoms with van der Waals surface area (Å²) in [7, 11) is 0. The maximum atomic E-state index is 13.9. The average molecular weight is 706 g/mol. The highest BCUT2D eigenvalue weighted by Crippen LogP contribution is 2.46. The molecule has 3 heterocycles. The summed E-state index contributed by atoms with van der Waals surface area (Å²) in [6.07, 6.45) is 1.54. The van der Waals surface area contributed by atoms with E-state index in [0.29, 0.717) is 63.3 Å². The topological polar surface area (TPSA) is 111 Å². The molecule has 0 spiro atoms. The van der Waals surface area contributed by atoms with Gasteiger partial charge in [-0.05, 0) is 79.3 Å². The van der Waals surface area contributed by atoms with Gasteiger partial charge in [-0.15, -0.1) is 10.2 Å². The van der Waals surface area contributed by atoms with E-state index in [-0.39, 0.29) is 22.6 Å². The summed E-state index contributed by atoms with van der Waals surface area (Å²) in [5, 5.41) is 21.3. The first-order chi connectivity index (χ1) is 23.1. The summed E-state index contributed by atoms with van der Waals surface area (Å²) in [5.74, 6) is 0.867. The Morgan fingerprint density at radius 3 is 2.69 bits per heavy atom. The van der Waals surface area contributed by atoms with Crippen molar-refractivity contribution in [2.75, 3.05) is 18.1 Å². The highest BCUT2D eigenvalue weighted by atomic mass is 35.5. The molecule has 250 valence electrons. The van der Waals surface area contributed by atoms with Crippen molar-refractivity contribution >= 4 is 57.3 Å². The predicted octanol–water partition coefficient (Wildman–Crippen LogP) is 8.26. The van der Waals surface area contributed by atoms with E-state index in [1.54, 1.807) is 30.3 Å². The number of hydrogen-bond donors (Lipinski definition) is 1. The van der Waals surface area contributed by atoms with Gasteiger partial charge in [0, 0.05) is 22.8 Å². The molecule has 1 fully saturated rings. The van der Waals surface area contributed by atoms with Crippen molar-refractivity contribution in [3.8, 4) is 17.2 Å². The number of hydrogen-bond acceptors (Lipinski definition) is 10. The first-order valence-corrected chi connectivity index (χ1v) is 18.0. The Morgan fingerprint density at radius 2 is 1.92 bits per heavy atom. The van der Waals surface area contributed by atoms with Crippen LogP contribution in [0, 0.1) is 5.92 Å². The van der Waals surface area contributed by atoms with Gasteiger partial charge in [0.15, 0.2) is 15.8 Å². The molecule has 2 aliphatic heterocycles. The number of Topliss-reactive ketones (excluding diaryl/α,β-unsaturated/α-hetero) is 1. The van der Waals surface area contributed by atoms with Crippen LogP contribution in [0.1, 0.15) is 62.4 Å². The number of amides is 1. The average Bonchev–Trinajstić information content (AvgIpc) is 3.75. The summed E-state index contributed by atoms with van der Waals surface area (Å²) in [6, 6.07) is 17.2. The van der Waals surface area contributed by atoms with E-state index in [2.05, 4.69) is 24.0 Å². The molecule has 1 aromatic heterocycles. The molecule has 2 aliphatic rings. The summed E-state index contributed by atoms with van der Waals surface area (Å²) >= 11 is 8.97. The molecule has 0 unspecified atom stereocenters. The Balaban J connectivity index is 1.41. The third-order valence-electron chi connectivity index (χ3n) is 8.06. The van der Waals surface area contributed by atoms with E-state index >= 15 is 0 Å². The number of aliphatic hydroxyl groups excluding tert-OH is 1. The van der Waals surface area contributed by atoms with Gasteiger partial charge in [0.25, 0.3) is 5.78 Å². The SMILES string of the molecule is CCOc1cc([C@H]2/C(=C(\O)c3ccc4c(c3)C[C@H](C)O4)C(=O)C(=O)N2c2nnc(SCc3ccccc3Cl)s2)ccc1OCCC(C)C. The van der Waals surface area contributed by atoms with Crippen LogP contribution in [0.2, 0.25) is 5.02 Å². The smallest absolute Gasteiger partial charge is 0.301 e. The number of ether oxygens (including phenoxy) is 3. The van der Waals surface area contributed by atoms with Crippen molar-refractivity contribution in [2.45, 2.75) is 62.8 Å². The van der Waals surface area contributed by atoms with E-state index < -0.39 is 17.7 Å². The van der Waals surface area contributed by atoms with Crippen molar-refractivity contribution in [2.24, 2.45) is 5.92 Å². The zero-order chi connectivity index (χ0) is 33.9. The van der Waals surface area contributed by atoms with Crippen molar-refractivity contribution in [3.05, 3.63) is 93.5 Å². The molecular formula is C36H36ClN3O6S2. The lowest BCUT2D eigenvalue weighted by atomic mass is 9.94. The number of rotatable bonds is 12. The molecule has 3 aromatic carbocycles. The molecule has 0 saturated carbocycles. The molecular weight excluding hydrogens is 670 g/mol. The van der Waals surface area contributed by atoms with Crippen LogP contribution in [0.25, 0.3) is 5.76 Å². The van der Waals surface area contributed by atoms with Gasteiger partial charge in [0.05, 0.1) is 24.8 Å². The van der Waals surface area contributed by atoms with Crippen LogP contribution >= 0.6 is 34.7 Å². The zero-order valence-electron chi connectivity index (χ0n) is 27.1. The quantitative estimate of drug-likeness (QED) is 0.0512. The number of nitrogens with zero attached hydrogens (tertiary/aromatic N) is 3. The Labute approximate surface area is 292 Å². The van der Waals surface area contributed by atoms with Gasteiger partial charge < -0.3 is 19.3 Å². The third kappa shape index (κ3) is 7.04. The lowest BCUT2D eigenvalue weighted by molar-refractivity contribution is -0.132. The normalized spacial score (nSPS) is 18.3. The maximum absolute atomic E-state index is 13.9. The minimum atomic E-state index is -1.01. The van der Waals surface area contributed by atoms with Gasteiger partial charge in [-0.1, -0.05) is 72.8 Å². The Hall–Kier alpha value is -4.06. The summed E-state index contributed by atoms with van der Waals surface area (Å²) < 4.78 is 18.5. The Morgan fingerprint density at radius 1 is 1.10 bits per heavy atom. The second kappa shape index (κ2) is 14.6. The summed E-state index contributed by atoms with van der Waals surface area (Å²) in [6.45, 7) is 8.99. The standard InChI is InChI=1S/C36H36ClN3O6S2/c1-5-44-29-18-22(10-13-28(29)45-15-14-20(2)3)31-30(32(41)23-11-12-27-25(17-23)16-21(4)46-27)33(42)34(43)40(31)35-38-39-36(48-35)47-19-24-8-6-7-9-26(24)37/h6-13,17-18,20-21,31,41H,5,14-16,19H2,1-4H3/b32-30+/t21-,31-/m0/s1. The number of halogens is 1. The molecule has 1 amide bonds. The molecule has 12 heteroatoms. The number of ketones is 1. The van der Waals surface area contributed by atoms with E-state index in [1.807, 2.05) is 44.2 Å². The van der Waals surface area contributed by atoms with Crippen molar-refractivity contribution < 1.29 is 28.9 Å². The number of aromatic nitrogens is 2. The highest BCUT2D eigenvalue weighted by molar-refractivity contribution is 8.00. The number of carbonyl (C=O) groups excluding carboxylic acids is 2. The van der Waals surface area contributed by atoms with Gasteiger partial charge in [-0.25, -0.2) is 0 Å². The molecule has 1 N–H and O–H groups in total. The minimum absolute atomic E-state index is 0.00335. The summed E-state index contributed by atoms with van der Waals surface area (Å²) in [4.78, 5) is 29.0.